The van der Waals surface area contributed by atoms with Crippen LogP contribution in [0.25, 0.3) is 0 Å². The van der Waals surface area contributed by atoms with E-state index in [4.69, 9.17) is 14.7 Å². The third kappa shape index (κ3) is 4.65. The molecule has 1 rings (SSSR count). The molecule has 0 spiro atoms. The van der Waals surface area contributed by atoms with Gasteiger partial charge in [-0.15, -0.1) is 0 Å². The van der Waals surface area contributed by atoms with Crippen molar-refractivity contribution in [3.63, 3.8) is 0 Å². The third-order valence-corrected chi connectivity index (χ3v) is 2.42. The van der Waals surface area contributed by atoms with Crippen LogP contribution in [0.5, 0.6) is 0 Å². The fourth-order valence-electron chi connectivity index (χ4n) is 1.48. The van der Waals surface area contributed by atoms with E-state index in [1.165, 1.54) is 6.20 Å². The number of methoxy groups -OCH3 is 2. The normalized spacial score (nSPS) is 10.1. The van der Waals surface area contributed by atoms with Gasteiger partial charge in [-0.25, -0.2) is 9.97 Å². The van der Waals surface area contributed by atoms with E-state index in [1.54, 1.807) is 20.4 Å². The smallest absolute Gasteiger partial charge is 0.158 e. The highest BCUT2D eigenvalue weighted by molar-refractivity contribution is 5.37. The van der Waals surface area contributed by atoms with Crippen molar-refractivity contribution in [3.05, 3.63) is 18.1 Å². The van der Waals surface area contributed by atoms with Crippen molar-refractivity contribution in [1.82, 2.24) is 9.97 Å². The fourth-order valence-corrected chi connectivity index (χ4v) is 1.48. The van der Waals surface area contributed by atoms with Crippen LogP contribution in [0.2, 0.25) is 0 Å². The van der Waals surface area contributed by atoms with E-state index in [9.17, 15) is 0 Å². The van der Waals surface area contributed by atoms with E-state index >= 15 is 0 Å². The van der Waals surface area contributed by atoms with Crippen LogP contribution >= 0.6 is 0 Å². The van der Waals surface area contributed by atoms with E-state index in [2.05, 4.69) is 14.9 Å². The Morgan fingerprint density at radius 2 is 1.94 bits per heavy atom. The van der Waals surface area contributed by atoms with E-state index < -0.39 is 0 Å². The first-order valence-corrected chi connectivity index (χ1v) is 5.76. The van der Waals surface area contributed by atoms with Crippen molar-refractivity contribution in [3.8, 4) is 6.07 Å². The van der Waals surface area contributed by atoms with Gasteiger partial charge in [-0.2, -0.15) is 5.26 Å². The predicted octanol–water partition coefficient (Wildman–Crippen LogP) is 0.838. The summed E-state index contributed by atoms with van der Waals surface area (Å²) in [7, 11) is 3.35. The molecule has 0 atom stereocenters. The Labute approximate surface area is 107 Å². The summed E-state index contributed by atoms with van der Waals surface area (Å²) in [5, 5.41) is 8.68. The van der Waals surface area contributed by atoms with Crippen LogP contribution in [-0.4, -0.2) is 50.5 Å². The molecular formula is C12H18N4O2. The van der Waals surface area contributed by atoms with E-state index in [-0.39, 0.29) is 0 Å². The molecule has 0 aliphatic heterocycles. The maximum Gasteiger partial charge on any atom is 0.158 e. The number of hydrogen-bond acceptors (Lipinski definition) is 6. The molecule has 6 nitrogen and oxygen atoms in total. The second-order valence-electron chi connectivity index (χ2n) is 3.70. The van der Waals surface area contributed by atoms with Gasteiger partial charge < -0.3 is 14.4 Å². The molecule has 0 saturated carbocycles. The molecule has 6 heteroatoms. The Kier molecular flexibility index (Phi) is 6.69. The zero-order valence-corrected chi connectivity index (χ0v) is 10.8. The molecule has 1 aromatic heterocycles. The van der Waals surface area contributed by atoms with Crippen LogP contribution in [0.4, 0.5) is 5.82 Å². The van der Waals surface area contributed by atoms with Gasteiger partial charge in [-0.3, -0.25) is 0 Å². The monoisotopic (exact) mass is 250 g/mol. The molecule has 0 radical (unpaired) electrons. The van der Waals surface area contributed by atoms with E-state index in [0.29, 0.717) is 18.9 Å². The average molecular weight is 250 g/mol. The number of hydrogen-bond donors (Lipinski definition) is 0. The molecular weight excluding hydrogens is 232 g/mol. The standard InChI is InChI=1S/C12H18N4O2/c1-17-6-3-4-16(5-7-18-2)12-10-14-11(8-13)9-15-12/h9-10H,3-7H2,1-2H3. The van der Waals surface area contributed by atoms with Crippen molar-refractivity contribution in [1.29, 1.82) is 5.26 Å². The molecule has 98 valence electrons. The van der Waals surface area contributed by atoms with Gasteiger partial charge in [-0.05, 0) is 6.42 Å². The minimum Gasteiger partial charge on any atom is -0.385 e. The first kappa shape index (κ1) is 14.4. The zero-order chi connectivity index (χ0) is 13.2. The molecule has 18 heavy (non-hydrogen) atoms. The lowest BCUT2D eigenvalue weighted by Crippen LogP contribution is -2.30. The van der Waals surface area contributed by atoms with Crippen LogP contribution in [-0.2, 0) is 9.47 Å². The Morgan fingerprint density at radius 1 is 1.17 bits per heavy atom. The lowest BCUT2D eigenvalue weighted by atomic mass is 10.3. The molecule has 0 aliphatic rings. The topological polar surface area (TPSA) is 71.3 Å². The Bertz CT molecular complexity index is 375. The number of anilines is 1. The van der Waals surface area contributed by atoms with E-state index in [0.717, 1.165) is 25.3 Å². The summed E-state index contributed by atoms with van der Waals surface area (Å²) in [5.41, 5.74) is 0.322. The van der Waals surface area contributed by atoms with Crippen molar-refractivity contribution in [2.75, 3.05) is 45.4 Å². The largest absolute Gasteiger partial charge is 0.385 e. The molecule has 1 heterocycles. The quantitative estimate of drug-likeness (QED) is 0.637. The summed E-state index contributed by atoms with van der Waals surface area (Å²) in [6.45, 7) is 2.88. The number of nitriles is 1. The number of rotatable bonds is 8. The summed E-state index contributed by atoms with van der Waals surface area (Å²) >= 11 is 0. The van der Waals surface area contributed by atoms with Gasteiger partial charge in [0.15, 0.2) is 5.69 Å². The molecule has 0 aromatic carbocycles. The lowest BCUT2D eigenvalue weighted by Gasteiger charge is -2.22. The molecule has 1 aromatic rings. The highest BCUT2D eigenvalue weighted by Gasteiger charge is 2.08. The third-order valence-electron chi connectivity index (χ3n) is 2.42. The van der Waals surface area contributed by atoms with Crippen LogP contribution < -0.4 is 4.90 Å². The summed E-state index contributed by atoms with van der Waals surface area (Å²) in [6, 6.07) is 1.95. The molecule has 0 N–H and O–H groups in total. The van der Waals surface area contributed by atoms with Crippen LogP contribution in [0.15, 0.2) is 12.4 Å². The van der Waals surface area contributed by atoms with Gasteiger partial charge in [0.1, 0.15) is 11.9 Å². The second kappa shape index (κ2) is 8.39. The van der Waals surface area contributed by atoms with Gasteiger partial charge in [0.25, 0.3) is 0 Å². The molecule has 0 unspecified atom stereocenters. The van der Waals surface area contributed by atoms with Gasteiger partial charge in [0.2, 0.25) is 0 Å². The molecule has 0 saturated heterocycles. The van der Waals surface area contributed by atoms with Crippen molar-refractivity contribution in [2.45, 2.75) is 6.42 Å². The van der Waals surface area contributed by atoms with Crippen molar-refractivity contribution in [2.24, 2.45) is 0 Å². The Morgan fingerprint density at radius 3 is 2.50 bits per heavy atom. The highest BCUT2D eigenvalue weighted by Crippen LogP contribution is 2.09. The van der Waals surface area contributed by atoms with Gasteiger partial charge in [-0.1, -0.05) is 0 Å². The van der Waals surface area contributed by atoms with Gasteiger partial charge in [0.05, 0.1) is 19.0 Å². The highest BCUT2D eigenvalue weighted by atomic mass is 16.5. The van der Waals surface area contributed by atoms with Gasteiger partial charge in [0, 0.05) is 33.9 Å². The summed E-state index contributed by atoms with van der Waals surface area (Å²) < 4.78 is 10.1. The predicted molar refractivity (Wildman–Crippen MR) is 67.3 cm³/mol. The van der Waals surface area contributed by atoms with Crippen LogP contribution in [0.1, 0.15) is 12.1 Å². The number of nitrogens with zero attached hydrogens (tertiary/aromatic N) is 4. The second-order valence-corrected chi connectivity index (χ2v) is 3.70. The van der Waals surface area contributed by atoms with Gasteiger partial charge >= 0.3 is 0 Å². The summed E-state index contributed by atoms with van der Waals surface area (Å²) in [6.07, 6.45) is 3.99. The molecule has 0 bridgehead atoms. The zero-order valence-electron chi connectivity index (χ0n) is 10.8. The first-order chi connectivity index (χ1) is 8.81. The maximum absolute atomic E-state index is 8.68. The summed E-state index contributed by atoms with van der Waals surface area (Å²) in [5.74, 6) is 0.752. The van der Waals surface area contributed by atoms with Crippen molar-refractivity contribution < 1.29 is 9.47 Å². The van der Waals surface area contributed by atoms with Crippen molar-refractivity contribution >= 4 is 5.82 Å². The molecule has 0 fully saturated rings. The lowest BCUT2D eigenvalue weighted by molar-refractivity contribution is 0.191. The number of aromatic nitrogens is 2. The summed E-state index contributed by atoms with van der Waals surface area (Å²) in [4.78, 5) is 10.3. The average Bonchev–Trinajstić information content (AvgIpc) is 2.43. The maximum atomic E-state index is 8.68. The minimum atomic E-state index is 0.322. The Hall–Kier alpha value is -1.71. The molecule has 0 aliphatic carbocycles. The van der Waals surface area contributed by atoms with Crippen LogP contribution in [0, 0.1) is 11.3 Å². The first-order valence-electron chi connectivity index (χ1n) is 5.76. The minimum absolute atomic E-state index is 0.322. The Balaban J connectivity index is 2.64. The van der Waals surface area contributed by atoms with E-state index in [1.807, 2.05) is 6.07 Å². The number of ether oxygens (including phenoxy) is 2. The van der Waals surface area contributed by atoms with Crippen LogP contribution in [0.3, 0.4) is 0 Å². The SMILES string of the molecule is COCCCN(CCOC)c1cnc(C#N)cn1. The fraction of sp³-hybridized carbons (Fsp3) is 0.583. The molecule has 0 amide bonds.